The summed E-state index contributed by atoms with van der Waals surface area (Å²) in [6.07, 6.45) is 3.39. The molecule has 0 aromatic heterocycles. The predicted octanol–water partition coefficient (Wildman–Crippen LogP) is 2.53. The molecule has 19 heavy (non-hydrogen) atoms. The Labute approximate surface area is 120 Å². The third-order valence-corrected chi connectivity index (χ3v) is 3.88. The van der Waals surface area contributed by atoms with Gasteiger partial charge in [-0.15, -0.1) is 12.4 Å². The smallest absolute Gasteiger partial charge is 0.244 e. The molecule has 2 aliphatic rings. The molecule has 0 saturated heterocycles. The van der Waals surface area contributed by atoms with E-state index < -0.39 is 0 Å². The molecule has 3 rings (SSSR count). The lowest BCUT2D eigenvalue weighted by Crippen LogP contribution is -2.47. The number of nitrogens with zero attached hydrogens (tertiary/aromatic N) is 1. The molecule has 2 unspecified atom stereocenters. The van der Waals surface area contributed by atoms with Crippen molar-refractivity contribution in [1.82, 2.24) is 5.32 Å². The van der Waals surface area contributed by atoms with Crippen LogP contribution in [0.3, 0.4) is 0 Å². The number of carbonyl (C=O) groups is 1. The summed E-state index contributed by atoms with van der Waals surface area (Å²) in [5.74, 6) is 0.208. The zero-order valence-corrected chi connectivity index (χ0v) is 12.2. The fourth-order valence-electron chi connectivity index (χ4n) is 2.78. The minimum atomic E-state index is -0.0777. The molecule has 1 aromatic carbocycles. The molecule has 4 heteroatoms. The van der Waals surface area contributed by atoms with Gasteiger partial charge in [0.05, 0.1) is 6.04 Å². The van der Waals surface area contributed by atoms with Crippen LogP contribution in [0.25, 0.3) is 0 Å². The largest absolute Gasteiger partial charge is 0.308 e. The SMILES string of the molecule is CC(NC1CC1)C(=O)N1c2ccccc2CC1C.Cl. The Balaban J connectivity index is 0.00000133. The van der Waals surface area contributed by atoms with Gasteiger partial charge < -0.3 is 10.2 Å². The molecule has 1 N–H and O–H groups in total. The number of rotatable bonds is 3. The molecule has 0 bridgehead atoms. The van der Waals surface area contributed by atoms with Crippen molar-refractivity contribution < 1.29 is 4.79 Å². The molecule has 1 aliphatic carbocycles. The average molecular weight is 281 g/mol. The molecule has 104 valence electrons. The van der Waals surface area contributed by atoms with Crippen molar-refractivity contribution >= 4 is 24.0 Å². The lowest BCUT2D eigenvalue weighted by Gasteiger charge is -2.26. The van der Waals surface area contributed by atoms with Gasteiger partial charge in [0, 0.05) is 17.8 Å². The summed E-state index contributed by atoms with van der Waals surface area (Å²) >= 11 is 0. The first kappa shape index (κ1) is 14.4. The zero-order valence-electron chi connectivity index (χ0n) is 11.4. The van der Waals surface area contributed by atoms with E-state index in [9.17, 15) is 4.79 Å². The molecule has 1 fully saturated rings. The number of carbonyl (C=O) groups excluding carboxylic acids is 1. The maximum absolute atomic E-state index is 12.5. The van der Waals surface area contributed by atoms with Crippen molar-refractivity contribution in [3.8, 4) is 0 Å². The topological polar surface area (TPSA) is 32.3 Å². The van der Waals surface area contributed by atoms with Gasteiger partial charge in [-0.3, -0.25) is 4.79 Å². The number of hydrogen-bond donors (Lipinski definition) is 1. The Morgan fingerprint density at radius 1 is 1.37 bits per heavy atom. The van der Waals surface area contributed by atoms with Crippen LogP contribution >= 0.6 is 12.4 Å². The van der Waals surface area contributed by atoms with Crippen LogP contribution in [0.15, 0.2) is 24.3 Å². The van der Waals surface area contributed by atoms with E-state index in [1.54, 1.807) is 0 Å². The van der Waals surface area contributed by atoms with Crippen LogP contribution in [-0.4, -0.2) is 24.0 Å². The number of hydrogen-bond acceptors (Lipinski definition) is 2. The normalized spacial score (nSPS) is 22.6. The van der Waals surface area contributed by atoms with Gasteiger partial charge in [-0.2, -0.15) is 0 Å². The van der Waals surface area contributed by atoms with Crippen molar-refractivity contribution in [2.45, 2.75) is 51.2 Å². The van der Waals surface area contributed by atoms with Crippen molar-refractivity contribution in [2.75, 3.05) is 4.90 Å². The highest BCUT2D eigenvalue weighted by atomic mass is 35.5. The molecule has 2 atom stereocenters. The average Bonchev–Trinajstić information content (AvgIpc) is 3.09. The van der Waals surface area contributed by atoms with Gasteiger partial charge in [0.25, 0.3) is 0 Å². The molecule has 3 nitrogen and oxygen atoms in total. The quantitative estimate of drug-likeness (QED) is 0.923. The van der Waals surface area contributed by atoms with Crippen LogP contribution in [0.1, 0.15) is 32.3 Å². The van der Waals surface area contributed by atoms with Gasteiger partial charge in [-0.1, -0.05) is 18.2 Å². The van der Waals surface area contributed by atoms with Crippen LogP contribution in [0.4, 0.5) is 5.69 Å². The number of nitrogens with one attached hydrogen (secondary N) is 1. The maximum Gasteiger partial charge on any atom is 0.244 e. The van der Waals surface area contributed by atoms with Gasteiger partial charge in [0.2, 0.25) is 5.91 Å². The van der Waals surface area contributed by atoms with E-state index in [0.29, 0.717) is 6.04 Å². The first-order valence-corrected chi connectivity index (χ1v) is 6.84. The van der Waals surface area contributed by atoms with E-state index in [1.807, 2.05) is 24.0 Å². The number of benzene rings is 1. The number of fused-ring (bicyclic) bond motifs is 1. The molecule has 1 aromatic rings. The lowest BCUT2D eigenvalue weighted by molar-refractivity contribution is -0.120. The first-order chi connectivity index (χ1) is 8.66. The molecular weight excluding hydrogens is 260 g/mol. The van der Waals surface area contributed by atoms with E-state index in [0.717, 1.165) is 12.1 Å². The minimum Gasteiger partial charge on any atom is -0.308 e. The van der Waals surface area contributed by atoms with Crippen LogP contribution in [-0.2, 0) is 11.2 Å². The Morgan fingerprint density at radius 2 is 2.05 bits per heavy atom. The summed E-state index contributed by atoms with van der Waals surface area (Å²) in [5.41, 5.74) is 2.39. The van der Waals surface area contributed by atoms with Crippen molar-refractivity contribution in [3.63, 3.8) is 0 Å². The van der Waals surface area contributed by atoms with Gasteiger partial charge in [0.1, 0.15) is 0 Å². The molecule has 1 aliphatic heterocycles. The van der Waals surface area contributed by atoms with Crippen molar-refractivity contribution in [1.29, 1.82) is 0 Å². The summed E-state index contributed by atoms with van der Waals surface area (Å²) in [7, 11) is 0. The lowest BCUT2D eigenvalue weighted by atomic mass is 10.1. The highest BCUT2D eigenvalue weighted by molar-refractivity contribution is 5.99. The number of amides is 1. The Hall–Kier alpha value is -1.06. The second-order valence-electron chi connectivity index (χ2n) is 5.55. The summed E-state index contributed by atoms with van der Waals surface area (Å²) in [6, 6.07) is 9.00. The van der Waals surface area contributed by atoms with E-state index >= 15 is 0 Å². The zero-order chi connectivity index (χ0) is 12.7. The first-order valence-electron chi connectivity index (χ1n) is 6.84. The van der Waals surface area contributed by atoms with E-state index in [4.69, 9.17) is 0 Å². The number of halogens is 1. The third-order valence-electron chi connectivity index (χ3n) is 3.88. The standard InChI is InChI=1S/C15H20N2O.ClH/c1-10-9-12-5-3-4-6-14(12)17(10)15(18)11(2)16-13-7-8-13;/h3-6,10-11,13,16H,7-9H2,1-2H3;1H. The number of anilines is 1. The fraction of sp³-hybridized carbons (Fsp3) is 0.533. The third kappa shape index (κ3) is 2.77. The molecule has 1 saturated carbocycles. The Morgan fingerprint density at radius 3 is 2.74 bits per heavy atom. The minimum absolute atomic E-state index is 0. The molecule has 0 spiro atoms. The monoisotopic (exact) mass is 280 g/mol. The molecule has 0 radical (unpaired) electrons. The van der Waals surface area contributed by atoms with Gasteiger partial charge in [-0.25, -0.2) is 0 Å². The summed E-state index contributed by atoms with van der Waals surface area (Å²) < 4.78 is 0. The molecule has 1 heterocycles. The van der Waals surface area contributed by atoms with E-state index in [1.165, 1.54) is 18.4 Å². The van der Waals surface area contributed by atoms with Crippen LogP contribution < -0.4 is 10.2 Å². The maximum atomic E-state index is 12.5. The van der Waals surface area contributed by atoms with Gasteiger partial charge >= 0.3 is 0 Å². The second-order valence-corrected chi connectivity index (χ2v) is 5.55. The van der Waals surface area contributed by atoms with Crippen LogP contribution in [0.2, 0.25) is 0 Å². The molecule has 1 amide bonds. The molecular formula is C15H21ClN2O. The van der Waals surface area contributed by atoms with Gasteiger partial charge in [-0.05, 0) is 44.7 Å². The summed E-state index contributed by atoms with van der Waals surface area (Å²) in [5, 5.41) is 3.39. The van der Waals surface area contributed by atoms with Crippen molar-refractivity contribution in [3.05, 3.63) is 29.8 Å². The van der Waals surface area contributed by atoms with E-state index in [2.05, 4.69) is 24.4 Å². The van der Waals surface area contributed by atoms with E-state index in [-0.39, 0.29) is 30.4 Å². The predicted molar refractivity (Wildman–Crippen MR) is 80.0 cm³/mol. The fourth-order valence-corrected chi connectivity index (χ4v) is 2.78. The highest BCUT2D eigenvalue weighted by Crippen LogP contribution is 2.32. The second kappa shape index (κ2) is 5.51. The summed E-state index contributed by atoms with van der Waals surface area (Å²) in [6.45, 7) is 4.11. The highest BCUT2D eigenvalue weighted by Gasteiger charge is 2.34. The summed E-state index contributed by atoms with van der Waals surface area (Å²) in [4.78, 5) is 14.5. The van der Waals surface area contributed by atoms with Crippen LogP contribution in [0.5, 0.6) is 0 Å². The Bertz CT molecular complexity index is 473. The van der Waals surface area contributed by atoms with Crippen LogP contribution in [0, 0.1) is 0 Å². The van der Waals surface area contributed by atoms with Gasteiger partial charge in [0.15, 0.2) is 0 Å². The van der Waals surface area contributed by atoms with Crippen molar-refractivity contribution in [2.24, 2.45) is 0 Å². The number of para-hydroxylation sites is 1. The Kier molecular flexibility index (Phi) is 4.16.